The van der Waals surface area contributed by atoms with Crippen molar-refractivity contribution >= 4 is 40.7 Å². The quantitative estimate of drug-likeness (QED) is 0.365. The summed E-state index contributed by atoms with van der Waals surface area (Å²) < 4.78 is 28.0. The number of amides is 2. The van der Waals surface area contributed by atoms with Crippen LogP contribution in [0.15, 0.2) is 54.9 Å². The van der Waals surface area contributed by atoms with E-state index in [2.05, 4.69) is 25.6 Å². The molecule has 36 heavy (non-hydrogen) atoms. The van der Waals surface area contributed by atoms with Gasteiger partial charge in [-0.2, -0.15) is 0 Å². The number of hydrogen-bond acceptors (Lipinski definition) is 5. The van der Waals surface area contributed by atoms with Crippen molar-refractivity contribution in [1.29, 1.82) is 0 Å². The number of aromatic nitrogens is 3. The average Bonchev–Trinajstić information content (AvgIpc) is 3.17. The van der Waals surface area contributed by atoms with Gasteiger partial charge < -0.3 is 10.6 Å². The molecular weight excluding hydrogens is 511 g/mol. The van der Waals surface area contributed by atoms with Crippen molar-refractivity contribution in [2.45, 2.75) is 13.0 Å². The Morgan fingerprint density at radius 2 is 1.78 bits per heavy atom. The molecule has 1 aliphatic heterocycles. The molecule has 1 unspecified atom stereocenters. The standard InChI is InChI=1S/C25H15Cl2F2N5O2/c1-11-30-9-13(10-31-11)19-8-20(33-24(35)12-4-14(26)6-16(29)5-12)21-22(34-25(36)23(21)32-19)17-7-15(28)2-3-18(17)27/h2-10,22H,1H3,(H,34,36)(H,32,33,35). The number of rotatable bonds is 4. The van der Waals surface area contributed by atoms with Crippen LogP contribution in [0.2, 0.25) is 10.0 Å². The van der Waals surface area contributed by atoms with Gasteiger partial charge in [-0.25, -0.2) is 23.7 Å². The van der Waals surface area contributed by atoms with Gasteiger partial charge >= 0.3 is 0 Å². The summed E-state index contributed by atoms with van der Waals surface area (Å²) in [4.78, 5) is 38.8. The normalized spacial score (nSPS) is 14.4. The van der Waals surface area contributed by atoms with E-state index < -0.39 is 29.5 Å². The zero-order chi connectivity index (χ0) is 25.6. The van der Waals surface area contributed by atoms with E-state index in [1.54, 1.807) is 6.92 Å². The maximum atomic E-state index is 14.1. The smallest absolute Gasteiger partial charge is 0.271 e. The SMILES string of the molecule is Cc1ncc(-c2cc(NC(=O)c3cc(F)cc(Cl)c3)c3c(n2)C(=O)NC3c2cc(F)ccc2Cl)cn1. The van der Waals surface area contributed by atoms with Crippen molar-refractivity contribution < 1.29 is 18.4 Å². The molecule has 2 amide bonds. The molecule has 2 N–H and O–H groups in total. The number of carbonyl (C=O) groups is 2. The van der Waals surface area contributed by atoms with E-state index in [-0.39, 0.29) is 38.1 Å². The van der Waals surface area contributed by atoms with E-state index in [0.717, 1.165) is 12.1 Å². The van der Waals surface area contributed by atoms with E-state index in [0.29, 0.717) is 17.1 Å². The third-order valence-corrected chi connectivity index (χ3v) is 6.12. The van der Waals surface area contributed by atoms with Crippen LogP contribution in [0, 0.1) is 18.6 Å². The lowest BCUT2D eigenvalue weighted by Gasteiger charge is -2.18. The second-order valence-corrected chi connectivity index (χ2v) is 8.86. The monoisotopic (exact) mass is 525 g/mol. The third kappa shape index (κ3) is 4.50. The lowest BCUT2D eigenvalue weighted by atomic mass is 9.97. The fourth-order valence-electron chi connectivity index (χ4n) is 3.92. The van der Waals surface area contributed by atoms with Crippen molar-refractivity contribution in [3.63, 3.8) is 0 Å². The molecule has 11 heteroatoms. The Balaban J connectivity index is 1.67. The first kappa shape index (κ1) is 23.8. The molecule has 5 rings (SSSR count). The number of nitrogens with one attached hydrogen (secondary N) is 2. The van der Waals surface area contributed by atoms with Crippen LogP contribution in [0.25, 0.3) is 11.3 Å². The lowest BCUT2D eigenvalue weighted by Crippen LogP contribution is -2.21. The van der Waals surface area contributed by atoms with Crippen LogP contribution in [0.3, 0.4) is 0 Å². The van der Waals surface area contributed by atoms with Crippen LogP contribution in [-0.4, -0.2) is 26.8 Å². The summed E-state index contributed by atoms with van der Waals surface area (Å²) in [6, 6.07) is 7.80. The first-order valence-corrected chi connectivity index (χ1v) is 11.3. The maximum absolute atomic E-state index is 14.1. The average molecular weight is 526 g/mol. The van der Waals surface area contributed by atoms with Crippen molar-refractivity contribution in [2.24, 2.45) is 0 Å². The number of carbonyl (C=O) groups excluding carboxylic acids is 2. The fraction of sp³-hybridized carbons (Fsp3) is 0.0800. The van der Waals surface area contributed by atoms with Gasteiger partial charge in [0.15, 0.2) is 0 Å². The summed E-state index contributed by atoms with van der Waals surface area (Å²) in [7, 11) is 0. The highest BCUT2D eigenvalue weighted by molar-refractivity contribution is 6.31. The number of halogens is 4. The molecule has 2 aromatic carbocycles. The molecule has 180 valence electrons. The van der Waals surface area contributed by atoms with Crippen molar-refractivity contribution in [3.05, 3.63) is 105 Å². The minimum absolute atomic E-state index is 0.00553. The van der Waals surface area contributed by atoms with Crippen LogP contribution < -0.4 is 10.6 Å². The molecule has 4 aromatic rings. The minimum Gasteiger partial charge on any atom is -0.340 e. The number of fused-ring (bicyclic) bond motifs is 1. The molecule has 0 saturated carbocycles. The Morgan fingerprint density at radius 3 is 2.50 bits per heavy atom. The number of pyridine rings is 1. The van der Waals surface area contributed by atoms with Crippen LogP contribution >= 0.6 is 23.2 Å². The number of nitrogens with zero attached hydrogens (tertiary/aromatic N) is 3. The van der Waals surface area contributed by atoms with Gasteiger partial charge in [0.1, 0.15) is 23.2 Å². The van der Waals surface area contributed by atoms with Crippen LogP contribution in [0.5, 0.6) is 0 Å². The fourth-order valence-corrected chi connectivity index (χ4v) is 4.36. The second-order valence-electron chi connectivity index (χ2n) is 8.02. The van der Waals surface area contributed by atoms with Gasteiger partial charge in [-0.1, -0.05) is 23.2 Å². The molecule has 0 aliphatic carbocycles. The summed E-state index contributed by atoms with van der Waals surface area (Å²) in [5, 5.41) is 5.71. The van der Waals surface area contributed by atoms with E-state index in [9.17, 15) is 18.4 Å². The van der Waals surface area contributed by atoms with Crippen LogP contribution in [-0.2, 0) is 0 Å². The summed E-state index contributed by atoms with van der Waals surface area (Å²) in [5.41, 5.74) is 1.51. The van der Waals surface area contributed by atoms with E-state index in [4.69, 9.17) is 23.2 Å². The van der Waals surface area contributed by atoms with Gasteiger partial charge in [-0.3, -0.25) is 9.59 Å². The van der Waals surface area contributed by atoms with E-state index in [1.165, 1.54) is 42.7 Å². The van der Waals surface area contributed by atoms with E-state index >= 15 is 0 Å². The highest BCUT2D eigenvalue weighted by Gasteiger charge is 2.36. The van der Waals surface area contributed by atoms with E-state index in [1.807, 2.05) is 0 Å². The Labute approximate surface area is 213 Å². The van der Waals surface area contributed by atoms with Crippen molar-refractivity contribution in [3.8, 4) is 11.3 Å². The van der Waals surface area contributed by atoms with Gasteiger partial charge in [0, 0.05) is 44.7 Å². The number of hydrogen-bond donors (Lipinski definition) is 2. The largest absolute Gasteiger partial charge is 0.340 e. The molecule has 0 saturated heterocycles. The molecule has 1 atom stereocenters. The van der Waals surface area contributed by atoms with Gasteiger partial charge in [0.25, 0.3) is 11.8 Å². The molecule has 2 aromatic heterocycles. The molecule has 0 spiro atoms. The Morgan fingerprint density at radius 1 is 1.03 bits per heavy atom. The van der Waals surface area contributed by atoms with Crippen LogP contribution in [0.4, 0.5) is 14.5 Å². The summed E-state index contributed by atoms with van der Waals surface area (Å²) in [6.45, 7) is 1.72. The molecular formula is C25H15Cl2F2N5O2. The first-order chi connectivity index (χ1) is 17.2. The highest BCUT2D eigenvalue weighted by atomic mass is 35.5. The predicted molar refractivity (Wildman–Crippen MR) is 130 cm³/mol. The lowest BCUT2D eigenvalue weighted by molar-refractivity contribution is 0.0955. The zero-order valence-electron chi connectivity index (χ0n) is 18.4. The third-order valence-electron chi connectivity index (χ3n) is 5.56. The summed E-state index contributed by atoms with van der Waals surface area (Å²) in [6.07, 6.45) is 3.06. The van der Waals surface area contributed by atoms with Crippen molar-refractivity contribution in [1.82, 2.24) is 20.3 Å². The molecule has 0 fully saturated rings. The minimum atomic E-state index is -0.905. The number of anilines is 1. The van der Waals surface area contributed by atoms with Gasteiger partial charge in [-0.15, -0.1) is 0 Å². The topological polar surface area (TPSA) is 96.9 Å². The summed E-state index contributed by atoms with van der Waals surface area (Å²) >= 11 is 12.2. The molecule has 0 bridgehead atoms. The molecule has 0 radical (unpaired) electrons. The first-order valence-electron chi connectivity index (χ1n) is 10.6. The zero-order valence-corrected chi connectivity index (χ0v) is 20.0. The van der Waals surface area contributed by atoms with Crippen molar-refractivity contribution in [2.75, 3.05) is 5.32 Å². The summed E-state index contributed by atoms with van der Waals surface area (Å²) in [5.74, 6) is -1.94. The van der Waals surface area contributed by atoms with Gasteiger partial charge in [0.05, 0.1) is 17.4 Å². The molecule has 1 aliphatic rings. The van der Waals surface area contributed by atoms with Gasteiger partial charge in [0.2, 0.25) is 0 Å². The Kier molecular flexibility index (Phi) is 6.11. The van der Waals surface area contributed by atoms with Gasteiger partial charge in [-0.05, 0) is 49.4 Å². The molecule has 3 heterocycles. The number of aryl methyl sites for hydroxylation is 1. The predicted octanol–water partition coefficient (Wildman–Crippen LogP) is 5.52. The highest BCUT2D eigenvalue weighted by Crippen LogP contribution is 2.40. The van der Waals surface area contributed by atoms with Crippen LogP contribution in [0.1, 0.15) is 43.8 Å². The maximum Gasteiger partial charge on any atom is 0.271 e. The molecule has 7 nitrogen and oxygen atoms in total. The number of benzene rings is 2. The Bertz CT molecular complexity index is 1530. The second kappa shape index (κ2) is 9.25. The Hall–Kier alpha value is -3.95.